The van der Waals surface area contributed by atoms with Crippen molar-refractivity contribution in [3.63, 3.8) is 0 Å². The molecule has 1 atom stereocenters. The highest BCUT2D eigenvalue weighted by Gasteiger charge is 2.29. The van der Waals surface area contributed by atoms with E-state index in [9.17, 15) is 4.79 Å². The van der Waals surface area contributed by atoms with Gasteiger partial charge in [-0.2, -0.15) is 11.8 Å². The normalized spacial score (nSPS) is 13.9. The molecule has 0 aliphatic heterocycles. The molecule has 18 heavy (non-hydrogen) atoms. The van der Waals surface area contributed by atoms with Gasteiger partial charge in [-0.1, -0.05) is 43.3 Å². The third-order valence-electron chi connectivity index (χ3n) is 3.19. The van der Waals surface area contributed by atoms with Crippen LogP contribution in [-0.2, 0) is 0 Å². The van der Waals surface area contributed by atoms with Gasteiger partial charge in [0, 0.05) is 11.0 Å². The molecule has 0 bridgehead atoms. The highest BCUT2D eigenvalue weighted by molar-refractivity contribution is 7.99. The second-order valence-corrected chi connectivity index (χ2v) is 6.01. The van der Waals surface area contributed by atoms with Crippen molar-refractivity contribution in [1.29, 1.82) is 0 Å². The quantitative estimate of drug-likeness (QED) is 0.387. The van der Waals surface area contributed by atoms with E-state index < -0.39 is 5.41 Å². The van der Waals surface area contributed by atoms with Crippen molar-refractivity contribution in [2.75, 3.05) is 11.5 Å². The van der Waals surface area contributed by atoms with Gasteiger partial charge in [-0.3, -0.25) is 4.79 Å². The van der Waals surface area contributed by atoms with E-state index in [1.807, 2.05) is 49.0 Å². The maximum Gasteiger partial charge on any atom is 0.172 e. The van der Waals surface area contributed by atoms with Gasteiger partial charge in [-0.05, 0) is 31.3 Å². The number of Topliss-reactive ketones (excluding diaryl/α,β-unsaturated/α-hetero) is 1. The fraction of sp³-hybridized carbons (Fsp3) is 0.438. The number of benzene rings is 1. The van der Waals surface area contributed by atoms with E-state index in [1.54, 1.807) is 6.08 Å². The lowest BCUT2D eigenvalue weighted by Gasteiger charge is -2.24. The summed E-state index contributed by atoms with van der Waals surface area (Å²) in [4.78, 5) is 12.5. The summed E-state index contributed by atoms with van der Waals surface area (Å²) < 4.78 is 0. The van der Waals surface area contributed by atoms with Crippen LogP contribution in [0.25, 0.3) is 0 Å². The van der Waals surface area contributed by atoms with Crippen molar-refractivity contribution in [2.45, 2.75) is 26.7 Å². The van der Waals surface area contributed by atoms with Gasteiger partial charge in [0.2, 0.25) is 0 Å². The maximum atomic E-state index is 12.5. The Balaban J connectivity index is 2.69. The summed E-state index contributed by atoms with van der Waals surface area (Å²) in [6, 6.07) is 9.50. The molecular weight excluding hydrogens is 240 g/mol. The Bertz CT molecular complexity index is 385. The smallest absolute Gasteiger partial charge is 0.172 e. The van der Waals surface area contributed by atoms with Gasteiger partial charge in [-0.15, -0.1) is 6.58 Å². The van der Waals surface area contributed by atoms with Gasteiger partial charge in [0.25, 0.3) is 0 Å². The standard InChI is InChI=1S/C16H22OS/c1-4-16(3,12-9-13-18-5-2)15(17)14-10-7-6-8-11-14/h4,6-8,10-11H,1,5,9,12-13H2,2-3H3. The highest BCUT2D eigenvalue weighted by atomic mass is 32.2. The minimum atomic E-state index is -0.435. The van der Waals surface area contributed by atoms with E-state index in [1.165, 1.54) is 0 Å². The first-order chi connectivity index (χ1) is 8.64. The van der Waals surface area contributed by atoms with Gasteiger partial charge in [0.1, 0.15) is 0 Å². The Hall–Kier alpha value is -1.02. The van der Waals surface area contributed by atoms with Crippen molar-refractivity contribution >= 4 is 17.5 Å². The molecule has 0 aromatic heterocycles. The van der Waals surface area contributed by atoms with Crippen molar-refractivity contribution in [3.8, 4) is 0 Å². The summed E-state index contributed by atoms with van der Waals surface area (Å²) in [6.45, 7) is 8.00. The summed E-state index contributed by atoms with van der Waals surface area (Å²) in [5.74, 6) is 2.43. The van der Waals surface area contributed by atoms with Crippen molar-refractivity contribution in [1.82, 2.24) is 0 Å². The summed E-state index contributed by atoms with van der Waals surface area (Å²) >= 11 is 1.92. The number of ketones is 1. The van der Waals surface area contributed by atoms with E-state index in [0.29, 0.717) is 0 Å². The number of thioether (sulfide) groups is 1. The Morgan fingerprint density at radius 1 is 1.39 bits per heavy atom. The topological polar surface area (TPSA) is 17.1 Å². The first-order valence-corrected chi connectivity index (χ1v) is 7.60. The number of allylic oxidation sites excluding steroid dienone is 1. The van der Waals surface area contributed by atoms with Crippen LogP contribution in [0.5, 0.6) is 0 Å². The molecule has 0 aliphatic rings. The molecule has 98 valence electrons. The van der Waals surface area contributed by atoms with E-state index in [4.69, 9.17) is 0 Å². The van der Waals surface area contributed by atoms with Crippen molar-refractivity contribution < 1.29 is 4.79 Å². The molecule has 0 spiro atoms. The fourth-order valence-corrected chi connectivity index (χ4v) is 2.55. The first-order valence-electron chi connectivity index (χ1n) is 6.45. The van der Waals surface area contributed by atoms with Crippen LogP contribution < -0.4 is 0 Å². The molecule has 0 radical (unpaired) electrons. The Labute approximate surface area is 115 Å². The number of hydrogen-bond donors (Lipinski definition) is 0. The van der Waals surface area contributed by atoms with Gasteiger partial charge >= 0.3 is 0 Å². The predicted octanol–water partition coefficient (Wildman–Crippen LogP) is 4.59. The Kier molecular flexibility index (Phi) is 6.20. The van der Waals surface area contributed by atoms with Crippen LogP contribution in [0.4, 0.5) is 0 Å². The average molecular weight is 262 g/mol. The Morgan fingerprint density at radius 2 is 2.06 bits per heavy atom. The molecule has 0 aliphatic carbocycles. The molecule has 0 fully saturated rings. The number of rotatable bonds is 8. The van der Waals surface area contributed by atoms with Crippen LogP contribution in [0.2, 0.25) is 0 Å². The van der Waals surface area contributed by atoms with Crippen LogP contribution in [0, 0.1) is 5.41 Å². The fourth-order valence-electron chi connectivity index (χ4n) is 1.91. The maximum absolute atomic E-state index is 12.5. The molecule has 1 aromatic carbocycles. The lowest BCUT2D eigenvalue weighted by Crippen LogP contribution is -2.25. The van der Waals surface area contributed by atoms with Gasteiger partial charge in [-0.25, -0.2) is 0 Å². The minimum absolute atomic E-state index is 0.180. The zero-order valence-electron chi connectivity index (χ0n) is 11.3. The van der Waals surface area contributed by atoms with Crippen molar-refractivity contribution in [3.05, 3.63) is 48.6 Å². The molecule has 0 N–H and O–H groups in total. The van der Waals surface area contributed by atoms with E-state index >= 15 is 0 Å². The van der Waals surface area contributed by atoms with Gasteiger partial charge in [0.15, 0.2) is 5.78 Å². The summed E-state index contributed by atoms with van der Waals surface area (Å²) in [7, 11) is 0. The van der Waals surface area contributed by atoms with Crippen LogP contribution >= 0.6 is 11.8 Å². The SMILES string of the molecule is C=CC(C)(CCCSCC)C(=O)c1ccccc1. The van der Waals surface area contributed by atoms with Gasteiger partial charge in [0.05, 0.1) is 0 Å². The number of carbonyl (C=O) groups is 1. The third-order valence-corrected chi connectivity index (χ3v) is 4.18. The predicted molar refractivity (Wildman–Crippen MR) is 81.3 cm³/mol. The molecule has 1 nitrogen and oxygen atoms in total. The van der Waals surface area contributed by atoms with Crippen molar-refractivity contribution in [2.24, 2.45) is 5.41 Å². The monoisotopic (exact) mass is 262 g/mol. The lowest BCUT2D eigenvalue weighted by molar-refractivity contribution is 0.0859. The number of hydrogen-bond acceptors (Lipinski definition) is 2. The Morgan fingerprint density at radius 3 is 2.61 bits per heavy atom. The third kappa shape index (κ3) is 4.02. The number of carbonyl (C=O) groups excluding carboxylic acids is 1. The molecule has 1 unspecified atom stereocenters. The van der Waals surface area contributed by atoms with Crippen LogP contribution in [-0.4, -0.2) is 17.3 Å². The van der Waals surface area contributed by atoms with E-state index in [-0.39, 0.29) is 5.78 Å². The zero-order chi connectivity index (χ0) is 13.4. The average Bonchev–Trinajstić information content (AvgIpc) is 2.43. The van der Waals surface area contributed by atoms with Crippen LogP contribution in [0.1, 0.15) is 37.0 Å². The molecule has 1 aromatic rings. The zero-order valence-corrected chi connectivity index (χ0v) is 12.1. The first kappa shape index (κ1) is 15.0. The molecule has 0 heterocycles. The van der Waals surface area contributed by atoms with E-state index in [2.05, 4.69) is 13.5 Å². The molecule has 0 amide bonds. The largest absolute Gasteiger partial charge is 0.293 e. The summed E-state index contributed by atoms with van der Waals surface area (Å²) in [5.41, 5.74) is 0.346. The summed E-state index contributed by atoms with van der Waals surface area (Å²) in [6.07, 6.45) is 3.73. The van der Waals surface area contributed by atoms with Crippen LogP contribution in [0.3, 0.4) is 0 Å². The molecule has 1 rings (SSSR count). The molecule has 0 saturated carbocycles. The van der Waals surface area contributed by atoms with Gasteiger partial charge < -0.3 is 0 Å². The van der Waals surface area contributed by atoms with Crippen LogP contribution in [0.15, 0.2) is 43.0 Å². The molecule has 2 heteroatoms. The molecule has 0 saturated heterocycles. The highest BCUT2D eigenvalue weighted by Crippen LogP contribution is 2.30. The molecular formula is C16H22OS. The summed E-state index contributed by atoms with van der Waals surface area (Å²) in [5, 5.41) is 0. The second kappa shape index (κ2) is 7.42. The van der Waals surface area contributed by atoms with E-state index in [0.717, 1.165) is 29.9 Å². The lowest BCUT2D eigenvalue weighted by atomic mass is 9.79. The minimum Gasteiger partial charge on any atom is -0.293 e. The second-order valence-electron chi connectivity index (χ2n) is 4.62.